The van der Waals surface area contributed by atoms with Crippen molar-refractivity contribution in [3.05, 3.63) is 24.3 Å². The summed E-state index contributed by atoms with van der Waals surface area (Å²) in [6, 6.07) is 0. The van der Waals surface area contributed by atoms with Gasteiger partial charge in [-0.05, 0) is 20.8 Å². The zero-order chi connectivity index (χ0) is 14.8. The molecule has 100 valence electrons. The normalized spacial score (nSPS) is 8.82. The molecule has 0 rings (SSSR count). The van der Waals surface area contributed by atoms with Crippen LogP contribution in [-0.2, 0) is 9.59 Å². The zero-order valence-electron chi connectivity index (χ0n) is 9.76. The molecule has 0 aliphatic rings. The van der Waals surface area contributed by atoms with Crippen molar-refractivity contribution in [2.24, 2.45) is 0 Å². The summed E-state index contributed by atoms with van der Waals surface area (Å²) in [6.07, 6.45) is 0. The van der Waals surface area contributed by atoms with Crippen LogP contribution in [0.2, 0.25) is 0 Å². The Morgan fingerprint density at radius 3 is 1.00 bits per heavy atom. The number of alkyl halides is 3. The summed E-state index contributed by atoms with van der Waals surface area (Å²) in [6.45, 7) is 10.7. The van der Waals surface area contributed by atoms with Crippen molar-refractivity contribution in [1.29, 1.82) is 0 Å². The van der Waals surface area contributed by atoms with Gasteiger partial charge in [0.05, 0.1) is 0 Å². The fraction of sp³-hybridized carbons (Fsp3) is 0.400. The number of hydrogen-bond acceptors (Lipinski definition) is 2. The Labute approximate surface area is 115 Å². The first kappa shape index (κ1) is 21.6. The molecule has 0 saturated heterocycles. The summed E-state index contributed by atoms with van der Waals surface area (Å²) in [4.78, 5) is 19.2. The number of carboxylic acids is 2. The maximum atomic E-state index is 9.60. The minimum atomic E-state index is -1.08. The highest BCUT2D eigenvalue weighted by Crippen LogP contribution is 2.23. The molecule has 0 bridgehead atoms. The molecule has 0 aromatic rings. The molecule has 4 nitrogen and oxygen atoms in total. The minimum absolute atomic E-state index is 0.176. The third kappa shape index (κ3) is 50.8. The Kier molecular flexibility index (Phi) is 13.2. The second-order valence-corrected chi connectivity index (χ2v) is 5.80. The van der Waals surface area contributed by atoms with Crippen molar-refractivity contribution in [3.8, 4) is 0 Å². The second-order valence-electron chi connectivity index (χ2n) is 2.95. The number of hydrogen-bond donors (Lipinski definition) is 2. The van der Waals surface area contributed by atoms with Gasteiger partial charge in [0, 0.05) is 11.1 Å². The minimum Gasteiger partial charge on any atom is -0.478 e. The van der Waals surface area contributed by atoms with Gasteiger partial charge in [-0.15, -0.1) is 0 Å². The van der Waals surface area contributed by atoms with Gasteiger partial charge in [0.15, 0.2) is 3.79 Å². The van der Waals surface area contributed by atoms with Gasteiger partial charge >= 0.3 is 11.9 Å². The number of halogens is 3. The molecule has 17 heavy (non-hydrogen) atoms. The number of carboxylic acid groups (broad SMARTS) is 2. The van der Waals surface area contributed by atoms with Crippen molar-refractivity contribution >= 4 is 46.7 Å². The predicted molar refractivity (Wildman–Crippen MR) is 70.9 cm³/mol. The Bertz CT molecular complexity index is 238. The molecule has 7 heteroatoms. The lowest BCUT2D eigenvalue weighted by molar-refractivity contribution is -0.133. The molecule has 2 N–H and O–H groups in total. The van der Waals surface area contributed by atoms with E-state index in [-0.39, 0.29) is 11.1 Å². The molecule has 0 amide bonds. The molecule has 0 unspecified atom stereocenters. The maximum absolute atomic E-state index is 9.60. The largest absolute Gasteiger partial charge is 0.478 e. The third-order valence-corrected chi connectivity index (χ3v) is 0.730. The Morgan fingerprint density at radius 1 is 0.941 bits per heavy atom. The quantitative estimate of drug-likeness (QED) is 0.603. The molecule has 0 atom stereocenters. The Hall–Kier alpha value is -0.710. The molecular weight excluding hydrogens is 290 g/mol. The lowest BCUT2D eigenvalue weighted by atomic mass is 10.4. The van der Waals surface area contributed by atoms with Crippen LogP contribution >= 0.6 is 34.8 Å². The van der Waals surface area contributed by atoms with Crippen LogP contribution in [-0.4, -0.2) is 25.9 Å². The number of carbonyl (C=O) groups is 2. The fourth-order valence-corrected chi connectivity index (χ4v) is 0. The number of aliphatic carboxylic acids is 2. The van der Waals surface area contributed by atoms with Crippen LogP contribution in [0.1, 0.15) is 20.8 Å². The Balaban J connectivity index is -0.000000174. The molecule has 0 aliphatic carbocycles. The highest BCUT2D eigenvalue weighted by Gasteiger charge is 2.07. The molecule has 0 aliphatic heterocycles. The van der Waals surface area contributed by atoms with Crippen LogP contribution in [0.3, 0.4) is 0 Å². The SMILES string of the molecule is C=C(C)C(=O)O.C=C(C)C(=O)O.CC(Cl)(Cl)Cl. The monoisotopic (exact) mass is 304 g/mol. The average molecular weight is 306 g/mol. The van der Waals surface area contributed by atoms with E-state index in [1.54, 1.807) is 0 Å². The van der Waals surface area contributed by atoms with E-state index in [0.717, 1.165) is 0 Å². The average Bonchev–Trinajstić information content (AvgIpc) is 2.01. The highest BCUT2D eigenvalue weighted by atomic mass is 35.6. The first-order valence-corrected chi connectivity index (χ1v) is 5.26. The highest BCUT2D eigenvalue weighted by molar-refractivity contribution is 6.67. The van der Waals surface area contributed by atoms with Gasteiger partial charge in [0.25, 0.3) is 0 Å². The van der Waals surface area contributed by atoms with Crippen molar-refractivity contribution in [2.75, 3.05) is 0 Å². The van der Waals surface area contributed by atoms with Crippen LogP contribution in [0.15, 0.2) is 24.3 Å². The maximum Gasteiger partial charge on any atom is 0.330 e. The van der Waals surface area contributed by atoms with Crippen molar-refractivity contribution in [1.82, 2.24) is 0 Å². The molecule has 0 fully saturated rings. The van der Waals surface area contributed by atoms with E-state index < -0.39 is 15.7 Å². The van der Waals surface area contributed by atoms with Gasteiger partial charge in [-0.3, -0.25) is 0 Å². The van der Waals surface area contributed by atoms with E-state index in [9.17, 15) is 9.59 Å². The number of rotatable bonds is 2. The summed E-state index contributed by atoms with van der Waals surface area (Å²) >= 11 is 15.2. The van der Waals surface area contributed by atoms with Crippen LogP contribution in [0.5, 0.6) is 0 Å². The summed E-state index contributed by atoms with van der Waals surface area (Å²) < 4.78 is -1.08. The predicted octanol–water partition coefficient (Wildman–Crippen LogP) is 3.67. The zero-order valence-corrected chi connectivity index (χ0v) is 12.0. The summed E-state index contributed by atoms with van der Waals surface area (Å²) in [5.74, 6) is -1.87. The van der Waals surface area contributed by atoms with E-state index in [1.807, 2.05) is 0 Å². The van der Waals surface area contributed by atoms with Gasteiger partial charge in [-0.25, -0.2) is 9.59 Å². The van der Waals surface area contributed by atoms with Gasteiger partial charge in [0.2, 0.25) is 0 Å². The van der Waals surface area contributed by atoms with Crippen LogP contribution < -0.4 is 0 Å². The molecule has 0 spiro atoms. The first-order chi connectivity index (χ1) is 7.29. The first-order valence-electron chi connectivity index (χ1n) is 4.13. The lowest BCUT2D eigenvalue weighted by Crippen LogP contribution is -1.92. The molecule has 0 saturated carbocycles. The van der Waals surface area contributed by atoms with Gasteiger partial charge < -0.3 is 10.2 Å². The second kappa shape index (κ2) is 10.4. The van der Waals surface area contributed by atoms with Crippen LogP contribution in [0.25, 0.3) is 0 Å². The van der Waals surface area contributed by atoms with Crippen molar-refractivity contribution < 1.29 is 19.8 Å². The summed E-state index contributed by atoms with van der Waals surface area (Å²) in [5.41, 5.74) is 0.352. The van der Waals surface area contributed by atoms with Gasteiger partial charge in [-0.1, -0.05) is 48.0 Å². The third-order valence-electron chi connectivity index (χ3n) is 0.730. The van der Waals surface area contributed by atoms with Crippen LogP contribution in [0.4, 0.5) is 0 Å². The molecule has 0 radical (unpaired) electrons. The molecular formula is C10H15Cl3O4. The smallest absolute Gasteiger partial charge is 0.330 e. The molecule has 0 aromatic carbocycles. The van der Waals surface area contributed by atoms with E-state index in [2.05, 4.69) is 13.2 Å². The standard InChI is InChI=1S/2C4H6O2.C2H3Cl3/c2*1-3(2)4(5)6;1-2(3,4)5/h2*1H2,2H3,(H,5,6);1H3. The van der Waals surface area contributed by atoms with Gasteiger partial charge in [0.1, 0.15) is 0 Å². The topological polar surface area (TPSA) is 74.6 Å². The Morgan fingerprint density at radius 2 is 1.00 bits per heavy atom. The van der Waals surface area contributed by atoms with E-state index >= 15 is 0 Å². The van der Waals surface area contributed by atoms with Crippen molar-refractivity contribution in [3.63, 3.8) is 0 Å². The summed E-state index contributed by atoms with van der Waals surface area (Å²) in [5, 5.41) is 15.8. The van der Waals surface area contributed by atoms with Crippen LogP contribution in [0, 0.1) is 0 Å². The molecule has 0 heterocycles. The van der Waals surface area contributed by atoms with E-state index in [1.165, 1.54) is 20.8 Å². The van der Waals surface area contributed by atoms with E-state index in [0.29, 0.717) is 0 Å². The van der Waals surface area contributed by atoms with E-state index in [4.69, 9.17) is 45.0 Å². The van der Waals surface area contributed by atoms with Crippen molar-refractivity contribution in [2.45, 2.75) is 24.6 Å². The molecule has 0 aromatic heterocycles. The summed E-state index contributed by atoms with van der Waals surface area (Å²) in [7, 11) is 0. The lowest BCUT2D eigenvalue weighted by Gasteiger charge is -1.94. The fourth-order valence-electron chi connectivity index (χ4n) is 0. The van der Waals surface area contributed by atoms with Gasteiger partial charge in [-0.2, -0.15) is 0 Å².